The molecule has 0 aliphatic heterocycles. The lowest BCUT2D eigenvalue weighted by Gasteiger charge is -2.22. The Morgan fingerprint density at radius 2 is 2.20 bits per heavy atom. The highest BCUT2D eigenvalue weighted by Gasteiger charge is 2.21. The van der Waals surface area contributed by atoms with Crippen LogP contribution in [0.15, 0.2) is 31.0 Å². The largest absolute Gasteiger partial charge is 0.398 e. The Morgan fingerprint density at radius 3 is 2.85 bits per heavy atom. The van der Waals surface area contributed by atoms with E-state index < -0.39 is 0 Å². The van der Waals surface area contributed by atoms with Gasteiger partial charge in [0, 0.05) is 37.2 Å². The van der Waals surface area contributed by atoms with Crippen molar-refractivity contribution in [2.75, 3.05) is 19.3 Å². The van der Waals surface area contributed by atoms with E-state index in [1.165, 1.54) is 0 Å². The van der Waals surface area contributed by atoms with Crippen molar-refractivity contribution in [2.45, 2.75) is 19.9 Å². The minimum atomic E-state index is -0.336. The molecule has 2 N–H and O–H groups in total. The van der Waals surface area contributed by atoms with Gasteiger partial charge in [-0.3, -0.25) is 9.78 Å². The van der Waals surface area contributed by atoms with Crippen molar-refractivity contribution in [2.24, 2.45) is 0 Å². The summed E-state index contributed by atoms with van der Waals surface area (Å²) in [5.41, 5.74) is 8.16. The van der Waals surface area contributed by atoms with Crippen LogP contribution in [0.1, 0.15) is 19.9 Å². The summed E-state index contributed by atoms with van der Waals surface area (Å²) in [5, 5.41) is 0. The smallest absolute Gasteiger partial charge is 0.245 e. The zero-order valence-electron chi connectivity index (χ0n) is 11.9. The van der Waals surface area contributed by atoms with Crippen LogP contribution in [0.2, 0.25) is 0 Å². The predicted molar refractivity (Wildman–Crippen MR) is 77.9 cm³/mol. The zero-order chi connectivity index (χ0) is 14.7. The molecule has 2 rings (SSSR count). The Morgan fingerprint density at radius 1 is 1.45 bits per heavy atom. The second-order valence-corrected chi connectivity index (χ2v) is 4.68. The van der Waals surface area contributed by atoms with Crippen LogP contribution in [0.25, 0.3) is 11.3 Å². The summed E-state index contributed by atoms with van der Waals surface area (Å²) in [5.74, 6) is 0.0363. The number of carbonyl (C=O) groups excluding carboxylic acids is 1. The van der Waals surface area contributed by atoms with Crippen molar-refractivity contribution in [3.8, 4) is 11.3 Å². The normalized spacial score (nSPS) is 12.2. The van der Waals surface area contributed by atoms with Crippen LogP contribution in [-0.2, 0) is 4.79 Å². The summed E-state index contributed by atoms with van der Waals surface area (Å²) < 4.78 is 1.82. The lowest BCUT2D eigenvalue weighted by Crippen LogP contribution is -2.32. The van der Waals surface area contributed by atoms with Gasteiger partial charge in [-0.05, 0) is 19.9 Å². The summed E-state index contributed by atoms with van der Waals surface area (Å²) in [6.07, 6.45) is 6.67. The number of anilines is 1. The number of hydrogen-bond acceptors (Lipinski definition) is 4. The van der Waals surface area contributed by atoms with Gasteiger partial charge < -0.3 is 15.2 Å². The predicted octanol–water partition coefficient (Wildman–Crippen LogP) is 1.57. The molecule has 2 heterocycles. The van der Waals surface area contributed by atoms with Gasteiger partial charge in [-0.2, -0.15) is 0 Å². The van der Waals surface area contributed by atoms with Crippen LogP contribution in [0.5, 0.6) is 0 Å². The van der Waals surface area contributed by atoms with Crippen LogP contribution in [0.4, 0.5) is 5.69 Å². The second kappa shape index (κ2) is 5.73. The molecule has 2 aromatic heterocycles. The molecular weight excluding hydrogens is 254 g/mol. The maximum atomic E-state index is 12.3. The number of nitrogen functional groups attached to an aromatic ring is 1. The van der Waals surface area contributed by atoms with Gasteiger partial charge in [-0.25, -0.2) is 4.98 Å². The Labute approximate surface area is 118 Å². The molecule has 0 aliphatic carbocycles. The molecule has 1 unspecified atom stereocenters. The molecule has 0 bridgehead atoms. The Hall–Kier alpha value is -2.37. The zero-order valence-corrected chi connectivity index (χ0v) is 11.9. The maximum absolute atomic E-state index is 12.3. The summed E-state index contributed by atoms with van der Waals surface area (Å²) >= 11 is 0. The minimum Gasteiger partial charge on any atom is -0.398 e. The fraction of sp³-hybridized carbons (Fsp3) is 0.357. The molecule has 0 fully saturated rings. The molecule has 1 amide bonds. The first-order valence-corrected chi connectivity index (χ1v) is 6.53. The van der Waals surface area contributed by atoms with E-state index in [2.05, 4.69) is 9.97 Å². The van der Waals surface area contributed by atoms with Crippen molar-refractivity contribution < 1.29 is 4.79 Å². The van der Waals surface area contributed by atoms with E-state index in [1.807, 2.05) is 18.4 Å². The first-order valence-electron chi connectivity index (χ1n) is 6.53. The maximum Gasteiger partial charge on any atom is 0.245 e. The molecule has 0 radical (unpaired) electrons. The van der Waals surface area contributed by atoms with Gasteiger partial charge in [0.05, 0.1) is 18.2 Å². The monoisotopic (exact) mass is 273 g/mol. The molecule has 6 nitrogen and oxygen atoms in total. The average Bonchev–Trinajstić information content (AvgIpc) is 2.94. The molecule has 0 aromatic carbocycles. The number of rotatable bonds is 4. The lowest BCUT2D eigenvalue weighted by atomic mass is 10.1. The van der Waals surface area contributed by atoms with Crippen molar-refractivity contribution in [1.29, 1.82) is 0 Å². The Bertz CT molecular complexity index is 607. The molecule has 0 saturated carbocycles. The topological polar surface area (TPSA) is 77.0 Å². The fourth-order valence-corrected chi connectivity index (χ4v) is 2.03. The van der Waals surface area contributed by atoms with E-state index in [0.717, 1.165) is 11.3 Å². The van der Waals surface area contributed by atoms with Crippen LogP contribution in [0, 0.1) is 0 Å². The minimum absolute atomic E-state index is 0.0363. The molecule has 6 heteroatoms. The van der Waals surface area contributed by atoms with E-state index in [0.29, 0.717) is 12.2 Å². The molecule has 106 valence electrons. The van der Waals surface area contributed by atoms with E-state index in [9.17, 15) is 4.79 Å². The lowest BCUT2D eigenvalue weighted by molar-refractivity contribution is -0.132. The summed E-state index contributed by atoms with van der Waals surface area (Å²) in [6.45, 7) is 4.47. The van der Waals surface area contributed by atoms with Gasteiger partial charge in [0.25, 0.3) is 0 Å². The van der Waals surface area contributed by atoms with Gasteiger partial charge in [-0.15, -0.1) is 0 Å². The number of imidazole rings is 1. The number of aromatic nitrogens is 3. The fourth-order valence-electron chi connectivity index (χ4n) is 2.03. The highest BCUT2D eigenvalue weighted by atomic mass is 16.2. The van der Waals surface area contributed by atoms with Crippen LogP contribution >= 0.6 is 0 Å². The molecular formula is C14H19N5O. The number of pyridine rings is 1. The molecule has 1 atom stereocenters. The highest BCUT2D eigenvalue weighted by Crippen LogP contribution is 2.27. The van der Waals surface area contributed by atoms with Gasteiger partial charge in [0.15, 0.2) is 0 Å². The van der Waals surface area contributed by atoms with Crippen molar-refractivity contribution in [3.63, 3.8) is 0 Å². The first-order chi connectivity index (χ1) is 9.56. The molecule has 0 saturated heterocycles. The van der Waals surface area contributed by atoms with Crippen LogP contribution in [-0.4, -0.2) is 38.9 Å². The second-order valence-electron chi connectivity index (χ2n) is 4.68. The standard InChI is InChI=1S/C14H19N5O/c1-4-18(3)14(20)10(2)19-9-17-8-13(19)11-7-16-6-5-12(11)15/h5-10H,4H2,1-3H3,(H2,15,16). The Kier molecular flexibility index (Phi) is 4.02. The van der Waals surface area contributed by atoms with E-state index >= 15 is 0 Å². The van der Waals surface area contributed by atoms with Crippen molar-refractivity contribution >= 4 is 11.6 Å². The summed E-state index contributed by atoms with van der Waals surface area (Å²) in [4.78, 5) is 22.2. The third-order valence-electron chi connectivity index (χ3n) is 3.42. The number of carbonyl (C=O) groups is 1. The first kappa shape index (κ1) is 14.0. The van der Waals surface area contributed by atoms with Crippen molar-refractivity contribution in [3.05, 3.63) is 31.0 Å². The third kappa shape index (κ3) is 2.49. The Balaban J connectivity index is 2.39. The number of nitrogens with two attached hydrogens (primary N) is 1. The molecule has 0 aliphatic rings. The summed E-state index contributed by atoms with van der Waals surface area (Å²) in [6, 6.07) is 1.40. The number of hydrogen-bond donors (Lipinski definition) is 1. The van der Waals surface area contributed by atoms with E-state index in [-0.39, 0.29) is 11.9 Å². The molecule has 0 spiro atoms. The number of nitrogens with zero attached hydrogens (tertiary/aromatic N) is 4. The van der Waals surface area contributed by atoms with E-state index in [4.69, 9.17) is 5.73 Å². The van der Waals surface area contributed by atoms with Gasteiger partial charge in [-0.1, -0.05) is 0 Å². The van der Waals surface area contributed by atoms with Crippen LogP contribution < -0.4 is 5.73 Å². The average molecular weight is 273 g/mol. The molecule has 20 heavy (non-hydrogen) atoms. The van der Waals surface area contributed by atoms with E-state index in [1.54, 1.807) is 42.9 Å². The quantitative estimate of drug-likeness (QED) is 0.917. The third-order valence-corrected chi connectivity index (χ3v) is 3.42. The molecule has 2 aromatic rings. The number of amides is 1. The van der Waals surface area contributed by atoms with Crippen LogP contribution in [0.3, 0.4) is 0 Å². The number of likely N-dealkylation sites (N-methyl/N-ethyl adjacent to an activating group) is 1. The highest BCUT2D eigenvalue weighted by molar-refractivity contribution is 5.81. The van der Waals surface area contributed by atoms with Crippen molar-refractivity contribution in [1.82, 2.24) is 19.4 Å². The van der Waals surface area contributed by atoms with Gasteiger partial charge >= 0.3 is 0 Å². The van der Waals surface area contributed by atoms with Gasteiger partial charge in [0.1, 0.15) is 6.04 Å². The summed E-state index contributed by atoms with van der Waals surface area (Å²) in [7, 11) is 1.79. The SMILES string of the molecule is CCN(C)C(=O)C(C)n1cncc1-c1cnccc1N. The van der Waals surface area contributed by atoms with Gasteiger partial charge in [0.2, 0.25) is 5.91 Å².